The van der Waals surface area contributed by atoms with E-state index >= 15 is 0 Å². The number of rotatable bonds is 6. The largest absolute Gasteiger partial charge is 0.493 e. The fourth-order valence-corrected chi connectivity index (χ4v) is 2.14. The summed E-state index contributed by atoms with van der Waals surface area (Å²) in [5.74, 6) is 0.815. The molecule has 0 aromatic heterocycles. The van der Waals surface area contributed by atoms with Crippen molar-refractivity contribution in [2.24, 2.45) is 11.7 Å². The zero-order chi connectivity index (χ0) is 15.2. The second kappa shape index (κ2) is 7.23. The summed E-state index contributed by atoms with van der Waals surface area (Å²) in [5, 5.41) is 0. The van der Waals surface area contributed by atoms with Gasteiger partial charge < -0.3 is 10.5 Å². The molecule has 1 unspecified atom stereocenters. The molecule has 2 aromatic carbocycles. The summed E-state index contributed by atoms with van der Waals surface area (Å²) in [6.45, 7) is 4.76. The van der Waals surface area contributed by atoms with Gasteiger partial charge in [0, 0.05) is 11.6 Å². The topological polar surface area (TPSA) is 35.2 Å². The first-order valence-electron chi connectivity index (χ1n) is 7.28. The molecule has 0 fully saturated rings. The molecule has 0 spiro atoms. The van der Waals surface area contributed by atoms with Gasteiger partial charge in [-0.1, -0.05) is 44.2 Å². The molecule has 0 radical (unpaired) electrons. The monoisotopic (exact) mass is 287 g/mol. The minimum atomic E-state index is -0.380. The molecule has 2 N–H and O–H groups in total. The number of hydrogen-bond donors (Lipinski definition) is 1. The summed E-state index contributed by atoms with van der Waals surface area (Å²) in [6, 6.07) is 14.3. The van der Waals surface area contributed by atoms with E-state index < -0.39 is 0 Å². The van der Waals surface area contributed by atoms with E-state index in [1.165, 1.54) is 6.07 Å². The predicted molar refractivity (Wildman–Crippen MR) is 83.8 cm³/mol. The van der Waals surface area contributed by atoms with Crippen molar-refractivity contribution in [1.82, 2.24) is 0 Å². The standard InChI is InChI=1S/C18H22FNO/c1-13(2)12-21-15-8-9-17(19)16(11-15)18(20)10-14-6-4-3-5-7-14/h3-9,11,13,18H,10,12,20H2,1-2H3. The van der Waals surface area contributed by atoms with Gasteiger partial charge in [0.25, 0.3) is 0 Å². The minimum Gasteiger partial charge on any atom is -0.493 e. The SMILES string of the molecule is CC(C)COc1ccc(F)c(C(N)Cc2ccccc2)c1. The van der Waals surface area contributed by atoms with Crippen LogP contribution in [0.1, 0.15) is 31.0 Å². The molecule has 0 aliphatic heterocycles. The van der Waals surface area contributed by atoms with Crippen LogP contribution in [-0.2, 0) is 6.42 Å². The summed E-state index contributed by atoms with van der Waals surface area (Å²) >= 11 is 0. The number of halogens is 1. The van der Waals surface area contributed by atoms with Crippen LogP contribution in [0.25, 0.3) is 0 Å². The first kappa shape index (κ1) is 15.5. The molecule has 0 amide bonds. The van der Waals surface area contributed by atoms with Crippen LogP contribution in [0, 0.1) is 11.7 Å². The van der Waals surface area contributed by atoms with Crippen LogP contribution < -0.4 is 10.5 Å². The van der Waals surface area contributed by atoms with Gasteiger partial charge in [-0.3, -0.25) is 0 Å². The van der Waals surface area contributed by atoms with E-state index in [1.54, 1.807) is 12.1 Å². The van der Waals surface area contributed by atoms with E-state index in [4.69, 9.17) is 10.5 Å². The first-order valence-corrected chi connectivity index (χ1v) is 7.28. The number of ether oxygens (including phenoxy) is 1. The summed E-state index contributed by atoms with van der Waals surface area (Å²) in [5.41, 5.74) is 7.75. The van der Waals surface area contributed by atoms with Gasteiger partial charge in [0.1, 0.15) is 11.6 Å². The van der Waals surface area contributed by atoms with E-state index in [0.29, 0.717) is 30.3 Å². The maximum absolute atomic E-state index is 14.0. The molecule has 2 nitrogen and oxygen atoms in total. The molecule has 112 valence electrons. The highest BCUT2D eigenvalue weighted by molar-refractivity contribution is 5.33. The highest BCUT2D eigenvalue weighted by atomic mass is 19.1. The zero-order valence-electron chi connectivity index (χ0n) is 12.6. The minimum absolute atomic E-state index is 0.282. The van der Waals surface area contributed by atoms with E-state index in [2.05, 4.69) is 13.8 Å². The summed E-state index contributed by atoms with van der Waals surface area (Å²) in [6.07, 6.45) is 0.603. The highest BCUT2D eigenvalue weighted by Crippen LogP contribution is 2.24. The van der Waals surface area contributed by atoms with Gasteiger partial charge in [0.05, 0.1) is 6.61 Å². The molecule has 21 heavy (non-hydrogen) atoms. The molecule has 2 aromatic rings. The van der Waals surface area contributed by atoms with Crippen LogP contribution in [0.15, 0.2) is 48.5 Å². The second-order valence-electron chi connectivity index (χ2n) is 5.68. The second-order valence-corrected chi connectivity index (χ2v) is 5.68. The Kier molecular flexibility index (Phi) is 5.34. The third-order valence-electron chi connectivity index (χ3n) is 3.25. The lowest BCUT2D eigenvalue weighted by Crippen LogP contribution is -2.15. The highest BCUT2D eigenvalue weighted by Gasteiger charge is 2.13. The smallest absolute Gasteiger partial charge is 0.128 e. The fourth-order valence-electron chi connectivity index (χ4n) is 2.14. The third-order valence-corrected chi connectivity index (χ3v) is 3.25. The van der Waals surface area contributed by atoms with Crippen LogP contribution in [0.5, 0.6) is 5.75 Å². The van der Waals surface area contributed by atoms with Gasteiger partial charge in [-0.25, -0.2) is 4.39 Å². The van der Waals surface area contributed by atoms with Crippen LogP contribution in [0.3, 0.4) is 0 Å². The molecule has 0 heterocycles. The number of hydrogen-bond acceptors (Lipinski definition) is 2. The van der Waals surface area contributed by atoms with Crippen molar-refractivity contribution < 1.29 is 9.13 Å². The van der Waals surface area contributed by atoms with Crippen LogP contribution in [0.4, 0.5) is 4.39 Å². The molecule has 2 rings (SSSR count). The zero-order valence-corrected chi connectivity index (χ0v) is 12.6. The molecule has 0 bridgehead atoms. The molecule has 1 atom stereocenters. The van der Waals surface area contributed by atoms with Crippen molar-refractivity contribution in [3.8, 4) is 5.75 Å². The Morgan fingerprint density at radius 1 is 1.10 bits per heavy atom. The quantitative estimate of drug-likeness (QED) is 0.868. The Hall–Kier alpha value is -1.87. The van der Waals surface area contributed by atoms with Crippen LogP contribution >= 0.6 is 0 Å². The average Bonchev–Trinajstić information content (AvgIpc) is 2.47. The lowest BCUT2D eigenvalue weighted by atomic mass is 9.99. The Labute approximate surface area is 125 Å². The van der Waals surface area contributed by atoms with E-state index in [9.17, 15) is 4.39 Å². The van der Waals surface area contributed by atoms with Gasteiger partial charge in [-0.15, -0.1) is 0 Å². The third kappa shape index (κ3) is 4.57. The van der Waals surface area contributed by atoms with Gasteiger partial charge in [0.15, 0.2) is 0 Å². The molecule has 0 saturated heterocycles. The van der Waals surface area contributed by atoms with Crippen molar-refractivity contribution in [3.05, 3.63) is 65.5 Å². The van der Waals surface area contributed by atoms with Crippen molar-refractivity contribution >= 4 is 0 Å². The Bertz CT molecular complexity index is 569. The Morgan fingerprint density at radius 2 is 1.81 bits per heavy atom. The lowest BCUT2D eigenvalue weighted by molar-refractivity contribution is 0.270. The number of nitrogens with two attached hydrogens (primary N) is 1. The lowest BCUT2D eigenvalue weighted by Gasteiger charge is -2.15. The van der Waals surface area contributed by atoms with Crippen LogP contribution in [0.2, 0.25) is 0 Å². The fraction of sp³-hybridized carbons (Fsp3) is 0.333. The van der Waals surface area contributed by atoms with Crippen molar-refractivity contribution in [2.45, 2.75) is 26.3 Å². The summed E-state index contributed by atoms with van der Waals surface area (Å²) < 4.78 is 19.6. The maximum atomic E-state index is 14.0. The molecule has 0 aliphatic rings. The first-order chi connectivity index (χ1) is 10.1. The normalized spacial score (nSPS) is 12.4. The molecule has 3 heteroatoms. The molecule has 0 saturated carbocycles. The van der Waals surface area contributed by atoms with E-state index in [0.717, 1.165) is 5.56 Å². The summed E-state index contributed by atoms with van der Waals surface area (Å²) in [7, 11) is 0. The van der Waals surface area contributed by atoms with Crippen molar-refractivity contribution in [2.75, 3.05) is 6.61 Å². The summed E-state index contributed by atoms with van der Waals surface area (Å²) in [4.78, 5) is 0. The van der Waals surface area contributed by atoms with Crippen molar-refractivity contribution in [3.63, 3.8) is 0 Å². The van der Waals surface area contributed by atoms with Gasteiger partial charge in [0.2, 0.25) is 0 Å². The molecular weight excluding hydrogens is 265 g/mol. The Morgan fingerprint density at radius 3 is 2.48 bits per heavy atom. The van der Waals surface area contributed by atoms with Gasteiger partial charge in [-0.2, -0.15) is 0 Å². The molecule has 0 aliphatic carbocycles. The van der Waals surface area contributed by atoms with Crippen molar-refractivity contribution in [1.29, 1.82) is 0 Å². The van der Waals surface area contributed by atoms with Gasteiger partial charge in [-0.05, 0) is 36.1 Å². The van der Waals surface area contributed by atoms with Crippen LogP contribution in [-0.4, -0.2) is 6.61 Å². The predicted octanol–water partition coefficient (Wildman–Crippen LogP) is 4.10. The molecular formula is C18H22FNO. The number of benzene rings is 2. The van der Waals surface area contributed by atoms with Gasteiger partial charge >= 0.3 is 0 Å². The van der Waals surface area contributed by atoms with E-state index in [-0.39, 0.29) is 11.9 Å². The average molecular weight is 287 g/mol. The van der Waals surface area contributed by atoms with E-state index in [1.807, 2.05) is 30.3 Å². The Balaban J connectivity index is 2.12. The maximum Gasteiger partial charge on any atom is 0.128 e.